The van der Waals surface area contributed by atoms with Gasteiger partial charge in [0, 0.05) is 55.7 Å². The number of rotatable bonds is 7. The Kier molecular flexibility index (Phi) is 6.52. The van der Waals surface area contributed by atoms with E-state index in [0.29, 0.717) is 23.0 Å². The van der Waals surface area contributed by atoms with Crippen molar-refractivity contribution >= 4 is 17.5 Å². The van der Waals surface area contributed by atoms with Crippen molar-refractivity contribution in [2.24, 2.45) is 14.1 Å². The third-order valence-corrected chi connectivity index (χ3v) is 5.37. The number of aliphatic hydroxyl groups is 1. The van der Waals surface area contributed by atoms with Crippen molar-refractivity contribution in [3.63, 3.8) is 0 Å². The van der Waals surface area contributed by atoms with Crippen LogP contribution in [0.4, 0.5) is 20.7 Å². The van der Waals surface area contributed by atoms with E-state index in [1.165, 1.54) is 16.8 Å². The van der Waals surface area contributed by atoms with Crippen LogP contribution in [0.1, 0.15) is 19.5 Å². The zero-order chi connectivity index (χ0) is 25.2. The highest BCUT2D eigenvalue weighted by atomic mass is 19.1. The van der Waals surface area contributed by atoms with Gasteiger partial charge < -0.3 is 15.2 Å². The van der Waals surface area contributed by atoms with Gasteiger partial charge in [-0.2, -0.15) is 10.2 Å². The van der Waals surface area contributed by atoms with E-state index < -0.39 is 17.3 Å². The van der Waals surface area contributed by atoms with Gasteiger partial charge in [0.1, 0.15) is 23.1 Å². The number of aromatic nitrogens is 5. The number of ether oxygens (including phenoxy) is 1. The van der Waals surface area contributed by atoms with Crippen LogP contribution in [0, 0.1) is 5.82 Å². The van der Waals surface area contributed by atoms with Crippen LogP contribution in [-0.2, 0) is 19.5 Å². The van der Waals surface area contributed by atoms with E-state index >= 15 is 0 Å². The average Bonchev–Trinajstić information content (AvgIpc) is 3.42. The number of aryl methyl sites for hydroxylation is 2. The number of hydrogen-bond donors (Lipinski definition) is 3. The van der Waals surface area contributed by atoms with Crippen molar-refractivity contribution in [2.75, 3.05) is 17.2 Å². The minimum atomic E-state index is -0.661. The summed E-state index contributed by atoms with van der Waals surface area (Å²) >= 11 is 0. The highest BCUT2D eigenvalue weighted by molar-refractivity contribution is 5.99. The Morgan fingerprint density at radius 3 is 2.60 bits per heavy atom. The molecule has 0 spiro atoms. The molecule has 10 nitrogen and oxygen atoms in total. The lowest BCUT2D eigenvalue weighted by Gasteiger charge is -2.17. The van der Waals surface area contributed by atoms with Gasteiger partial charge in [-0.05, 0) is 18.2 Å². The molecule has 0 radical (unpaired) electrons. The summed E-state index contributed by atoms with van der Waals surface area (Å²) in [6.07, 6.45) is 5.12. The third-order valence-electron chi connectivity index (χ3n) is 5.37. The van der Waals surface area contributed by atoms with Gasteiger partial charge >= 0.3 is 6.03 Å². The Bertz CT molecular complexity index is 1360. The van der Waals surface area contributed by atoms with Crippen LogP contribution in [0.5, 0.6) is 11.5 Å². The fraction of sp³-hybridized carbons (Fsp3) is 0.250. The van der Waals surface area contributed by atoms with Gasteiger partial charge in [0.15, 0.2) is 0 Å². The summed E-state index contributed by atoms with van der Waals surface area (Å²) in [7, 11) is 3.48. The Balaban J connectivity index is 1.42. The number of anilines is 2. The Hall–Kier alpha value is -4.25. The molecule has 1 aromatic carbocycles. The monoisotopic (exact) mass is 479 g/mol. The summed E-state index contributed by atoms with van der Waals surface area (Å²) in [4.78, 5) is 16.7. The van der Waals surface area contributed by atoms with Gasteiger partial charge in [-0.25, -0.2) is 9.18 Å². The highest BCUT2D eigenvalue weighted by Crippen LogP contribution is 2.28. The van der Waals surface area contributed by atoms with Crippen LogP contribution < -0.4 is 15.4 Å². The van der Waals surface area contributed by atoms with Crippen LogP contribution in [-0.4, -0.2) is 42.3 Å². The van der Waals surface area contributed by atoms with Crippen molar-refractivity contribution in [3.8, 4) is 22.8 Å². The number of urea groups is 1. The molecule has 182 valence electrons. The molecule has 35 heavy (non-hydrogen) atoms. The molecule has 0 aliphatic heterocycles. The molecule has 0 aliphatic rings. The Morgan fingerprint density at radius 1 is 1.14 bits per heavy atom. The number of halogens is 1. The second kappa shape index (κ2) is 9.55. The number of aliphatic hydroxyl groups excluding tert-OH is 1. The summed E-state index contributed by atoms with van der Waals surface area (Å²) < 4.78 is 23.6. The van der Waals surface area contributed by atoms with E-state index in [1.807, 2.05) is 27.1 Å². The van der Waals surface area contributed by atoms with Gasteiger partial charge in [-0.15, -0.1) is 0 Å². The van der Waals surface area contributed by atoms with Crippen LogP contribution in [0.15, 0.2) is 55.0 Å². The molecule has 0 aliphatic carbocycles. The summed E-state index contributed by atoms with van der Waals surface area (Å²) in [5.74, 6) is 0.488. The quantitative estimate of drug-likeness (QED) is 0.368. The Morgan fingerprint density at radius 2 is 1.91 bits per heavy atom. The van der Waals surface area contributed by atoms with Crippen LogP contribution in [0.25, 0.3) is 11.3 Å². The number of hydrogen-bond acceptors (Lipinski definition) is 6. The molecule has 3 aromatic heterocycles. The first-order valence-corrected chi connectivity index (χ1v) is 10.8. The van der Waals surface area contributed by atoms with E-state index in [2.05, 4.69) is 25.8 Å². The minimum absolute atomic E-state index is 0.0151. The average molecular weight is 480 g/mol. The molecule has 2 amide bonds. The summed E-state index contributed by atoms with van der Waals surface area (Å²) in [5, 5.41) is 23.1. The fourth-order valence-corrected chi connectivity index (χ4v) is 3.25. The molecular formula is C24H26FN7O3. The maximum Gasteiger partial charge on any atom is 0.324 e. The highest BCUT2D eigenvalue weighted by Gasteiger charge is 2.24. The second-order valence-corrected chi connectivity index (χ2v) is 8.68. The molecule has 0 saturated heterocycles. The van der Waals surface area contributed by atoms with Crippen molar-refractivity contribution in [1.82, 2.24) is 24.5 Å². The third kappa shape index (κ3) is 5.46. The molecule has 0 unspecified atom stereocenters. The first-order chi connectivity index (χ1) is 16.6. The molecule has 3 heterocycles. The minimum Gasteiger partial charge on any atom is -0.457 e. The van der Waals surface area contributed by atoms with Crippen LogP contribution in [0.2, 0.25) is 0 Å². The van der Waals surface area contributed by atoms with Crippen LogP contribution >= 0.6 is 0 Å². The largest absolute Gasteiger partial charge is 0.457 e. The fourth-order valence-electron chi connectivity index (χ4n) is 3.25. The number of nitrogens with zero attached hydrogens (tertiary/aromatic N) is 5. The lowest BCUT2D eigenvalue weighted by Crippen LogP contribution is -2.22. The van der Waals surface area contributed by atoms with Gasteiger partial charge in [0.05, 0.1) is 29.9 Å². The number of amides is 2. The van der Waals surface area contributed by atoms with Crippen LogP contribution in [0.3, 0.4) is 0 Å². The summed E-state index contributed by atoms with van der Waals surface area (Å²) in [6.45, 7) is 3.58. The van der Waals surface area contributed by atoms with Gasteiger partial charge in [-0.3, -0.25) is 19.7 Å². The van der Waals surface area contributed by atoms with E-state index in [9.17, 15) is 14.3 Å². The molecule has 3 N–H and O–H groups in total. The topological polar surface area (TPSA) is 119 Å². The number of benzene rings is 1. The maximum atomic E-state index is 14.7. The van der Waals surface area contributed by atoms with Crippen molar-refractivity contribution in [1.29, 1.82) is 0 Å². The van der Waals surface area contributed by atoms with E-state index in [1.54, 1.807) is 48.4 Å². The van der Waals surface area contributed by atoms with E-state index in [4.69, 9.17) is 4.74 Å². The van der Waals surface area contributed by atoms with E-state index in [-0.39, 0.29) is 18.0 Å². The molecule has 0 bridgehead atoms. The zero-order valence-electron chi connectivity index (χ0n) is 19.8. The smallest absolute Gasteiger partial charge is 0.324 e. The second-order valence-electron chi connectivity index (χ2n) is 8.68. The van der Waals surface area contributed by atoms with Crippen molar-refractivity contribution < 1.29 is 19.0 Å². The first-order valence-electron chi connectivity index (χ1n) is 10.8. The predicted octanol–water partition coefficient (Wildman–Crippen LogP) is 4.06. The van der Waals surface area contributed by atoms with E-state index in [0.717, 1.165) is 5.56 Å². The number of carbonyl (C=O) groups is 1. The molecule has 0 saturated carbocycles. The summed E-state index contributed by atoms with van der Waals surface area (Å²) in [5.41, 5.74) is 1.54. The zero-order valence-corrected chi connectivity index (χ0v) is 19.8. The van der Waals surface area contributed by atoms with Crippen molar-refractivity contribution in [2.45, 2.75) is 19.3 Å². The molecular weight excluding hydrogens is 453 g/mol. The Labute approximate surface area is 201 Å². The molecule has 4 rings (SSSR count). The maximum absolute atomic E-state index is 14.7. The van der Waals surface area contributed by atoms with Gasteiger partial charge in [0.25, 0.3) is 0 Å². The lowest BCUT2D eigenvalue weighted by molar-refractivity contribution is 0.214. The number of pyridine rings is 1. The predicted molar refractivity (Wildman–Crippen MR) is 129 cm³/mol. The molecule has 4 aromatic rings. The molecule has 0 atom stereocenters. The lowest BCUT2D eigenvalue weighted by atomic mass is 9.91. The van der Waals surface area contributed by atoms with Gasteiger partial charge in [-0.1, -0.05) is 13.8 Å². The first kappa shape index (κ1) is 23.9. The SMILES string of the molecule is Cn1cc(-c2cc(Oc3ccc(NC(=O)Nc4cc(C(C)(C)CO)nn4C)c(F)c3)ccn2)cn1. The number of carbonyl (C=O) groups excluding carboxylic acids is 1. The van der Waals surface area contributed by atoms with Crippen molar-refractivity contribution in [3.05, 3.63) is 66.5 Å². The van der Waals surface area contributed by atoms with Gasteiger partial charge in [0.2, 0.25) is 0 Å². The number of nitrogens with one attached hydrogen (secondary N) is 2. The molecule has 0 fully saturated rings. The molecule has 11 heteroatoms. The summed E-state index contributed by atoms with van der Waals surface area (Å²) in [6, 6.07) is 8.57. The normalized spacial score (nSPS) is 11.4. The standard InChI is InChI=1S/C24H26FN7O3/c1-24(2,14-33)21-11-22(32(4)30-21)29-23(34)28-19-6-5-16(9-18(19)25)35-17-7-8-26-20(10-17)15-12-27-31(3)13-15/h5-13,33H,14H2,1-4H3,(H2,28,29,34).